The van der Waals surface area contributed by atoms with E-state index in [-0.39, 0.29) is 17.9 Å². The van der Waals surface area contributed by atoms with Crippen molar-refractivity contribution in [3.05, 3.63) is 29.8 Å². The number of carbonyl (C=O) groups is 2. The van der Waals surface area contributed by atoms with Crippen LogP contribution in [0, 0.1) is 0 Å². The van der Waals surface area contributed by atoms with E-state index >= 15 is 0 Å². The molecule has 6 heteroatoms. The predicted molar refractivity (Wildman–Crippen MR) is 90.7 cm³/mol. The maximum Gasteiger partial charge on any atom is 0.242 e. The SMILES string of the molecule is CCNC(=O)[C@@H]1C[C@H](N)CN1C(=O)C1(c2ccc(OC)cc2)CC1. The molecule has 1 aliphatic carbocycles. The summed E-state index contributed by atoms with van der Waals surface area (Å²) in [5, 5.41) is 2.81. The fourth-order valence-corrected chi connectivity index (χ4v) is 3.57. The monoisotopic (exact) mass is 331 g/mol. The van der Waals surface area contributed by atoms with E-state index in [0.717, 1.165) is 24.2 Å². The van der Waals surface area contributed by atoms with Crippen molar-refractivity contribution in [1.82, 2.24) is 10.2 Å². The number of nitrogens with zero attached hydrogens (tertiary/aromatic N) is 1. The predicted octanol–water partition coefficient (Wildman–Crippen LogP) is 0.791. The van der Waals surface area contributed by atoms with Crippen LogP contribution in [0.3, 0.4) is 0 Å². The second-order valence-electron chi connectivity index (χ2n) is 6.67. The van der Waals surface area contributed by atoms with Gasteiger partial charge in [0.25, 0.3) is 0 Å². The lowest BCUT2D eigenvalue weighted by Crippen LogP contribution is -2.49. The van der Waals surface area contributed by atoms with E-state index in [1.165, 1.54) is 0 Å². The molecule has 0 bridgehead atoms. The Kier molecular flexibility index (Phi) is 4.49. The van der Waals surface area contributed by atoms with E-state index in [1.54, 1.807) is 12.0 Å². The number of nitrogens with one attached hydrogen (secondary N) is 1. The van der Waals surface area contributed by atoms with Crippen LogP contribution in [0.25, 0.3) is 0 Å². The van der Waals surface area contributed by atoms with Crippen molar-refractivity contribution >= 4 is 11.8 Å². The molecule has 0 aromatic heterocycles. The van der Waals surface area contributed by atoms with Crippen LogP contribution in [0.15, 0.2) is 24.3 Å². The molecule has 2 atom stereocenters. The van der Waals surface area contributed by atoms with E-state index in [4.69, 9.17) is 10.5 Å². The number of nitrogens with two attached hydrogens (primary N) is 1. The first kappa shape index (κ1) is 16.8. The topological polar surface area (TPSA) is 84.7 Å². The third kappa shape index (κ3) is 2.86. The number of benzene rings is 1. The fraction of sp³-hybridized carbons (Fsp3) is 0.556. The Morgan fingerprint density at radius 2 is 2.00 bits per heavy atom. The smallest absolute Gasteiger partial charge is 0.242 e. The molecule has 1 aliphatic heterocycles. The number of likely N-dealkylation sites (tertiary alicyclic amines) is 1. The summed E-state index contributed by atoms with van der Waals surface area (Å²) in [6, 6.07) is 7.04. The zero-order valence-electron chi connectivity index (χ0n) is 14.2. The molecule has 3 N–H and O–H groups in total. The van der Waals surface area contributed by atoms with Crippen LogP contribution in [-0.2, 0) is 15.0 Å². The van der Waals surface area contributed by atoms with Crippen LogP contribution < -0.4 is 15.8 Å². The van der Waals surface area contributed by atoms with Crippen LogP contribution in [0.2, 0.25) is 0 Å². The molecular formula is C18H25N3O3. The maximum absolute atomic E-state index is 13.2. The minimum Gasteiger partial charge on any atom is -0.497 e. The van der Waals surface area contributed by atoms with Crippen molar-refractivity contribution in [2.75, 3.05) is 20.2 Å². The lowest BCUT2D eigenvalue weighted by molar-refractivity contribution is -0.140. The average Bonchev–Trinajstić information content (AvgIpc) is 3.31. The summed E-state index contributed by atoms with van der Waals surface area (Å²) in [4.78, 5) is 27.2. The van der Waals surface area contributed by atoms with Gasteiger partial charge in [-0.25, -0.2) is 0 Å². The van der Waals surface area contributed by atoms with Gasteiger partial charge in [0.1, 0.15) is 11.8 Å². The van der Waals surface area contributed by atoms with Gasteiger partial charge in [0.2, 0.25) is 11.8 Å². The fourth-order valence-electron chi connectivity index (χ4n) is 3.57. The second-order valence-corrected chi connectivity index (χ2v) is 6.67. The van der Waals surface area contributed by atoms with Gasteiger partial charge in [-0.2, -0.15) is 0 Å². The minimum absolute atomic E-state index is 0.0249. The highest BCUT2D eigenvalue weighted by molar-refractivity contribution is 5.95. The van der Waals surface area contributed by atoms with Crippen molar-refractivity contribution < 1.29 is 14.3 Å². The Bertz CT molecular complexity index is 625. The molecule has 24 heavy (non-hydrogen) atoms. The number of methoxy groups -OCH3 is 1. The minimum atomic E-state index is -0.499. The zero-order valence-corrected chi connectivity index (χ0v) is 14.2. The van der Waals surface area contributed by atoms with Crippen LogP contribution >= 0.6 is 0 Å². The van der Waals surface area contributed by atoms with Gasteiger partial charge in [0, 0.05) is 19.1 Å². The van der Waals surface area contributed by atoms with Crippen LogP contribution in [0.5, 0.6) is 5.75 Å². The molecular weight excluding hydrogens is 306 g/mol. The van der Waals surface area contributed by atoms with E-state index in [0.29, 0.717) is 19.5 Å². The highest BCUT2D eigenvalue weighted by Gasteiger charge is 2.55. The molecule has 1 saturated carbocycles. The lowest BCUT2D eigenvalue weighted by Gasteiger charge is -2.28. The molecule has 1 aromatic carbocycles. The highest BCUT2D eigenvalue weighted by atomic mass is 16.5. The Morgan fingerprint density at radius 1 is 1.33 bits per heavy atom. The number of carbonyl (C=O) groups excluding carboxylic acids is 2. The van der Waals surface area contributed by atoms with Crippen LogP contribution in [0.1, 0.15) is 31.7 Å². The quantitative estimate of drug-likeness (QED) is 0.835. The van der Waals surface area contributed by atoms with Crippen molar-refractivity contribution in [1.29, 1.82) is 0 Å². The third-order valence-corrected chi connectivity index (χ3v) is 5.05. The molecule has 2 aliphatic rings. The Labute approximate surface area is 142 Å². The average molecular weight is 331 g/mol. The Morgan fingerprint density at radius 3 is 2.54 bits per heavy atom. The van der Waals surface area contributed by atoms with Gasteiger partial charge >= 0.3 is 0 Å². The van der Waals surface area contributed by atoms with E-state index < -0.39 is 11.5 Å². The van der Waals surface area contributed by atoms with E-state index in [9.17, 15) is 9.59 Å². The largest absolute Gasteiger partial charge is 0.497 e. The molecule has 1 aromatic rings. The van der Waals surface area contributed by atoms with Crippen molar-refractivity contribution in [2.24, 2.45) is 5.73 Å². The van der Waals surface area contributed by atoms with Crippen LogP contribution in [0.4, 0.5) is 0 Å². The molecule has 6 nitrogen and oxygen atoms in total. The molecule has 0 unspecified atom stereocenters. The summed E-state index contributed by atoms with van der Waals surface area (Å²) in [7, 11) is 1.62. The van der Waals surface area contributed by atoms with Gasteiger partial charge < -0.3 is 20.7 Å². The number of amides is 2. The number of hydrogen-bond acceptors (Lipinski definition) is 4. The summed E-state index contributed by atoms with van der Waals surface area (Å²) in [6.45, 7) is 2.87. The standard InChI is InChI=1S/C18H25N3O3/c1-3-20-16(22)15-10-13(19)11-21(15)17(23)18(8-9-18)12-4-6-14(24-2)7-5-12/h4-7,13,15H,3,8-11,19H2,1-2H3,(H,20,22)/t13-,15-/m0/s1. The van der Waals surface area contributed by atoms with Gasteiger partial charge in [-0.05, 0) is 43.9 Å². The third-order valence-electron chi connectivity index (χ3n) is 5.05. The molecule has 130 valence electrons. The molecule has 1 saturated heterocycles. The Balaban J connectivity index is 1.82. The molecule has 2 amide bonds. The molecule has 0 spiro atoms. The normalized spacial score (nSPS) is 24.5. The number of ether oxygens (including phenoxy) is 1. The van der Waals surface area contributed by atoms with Gasteiger partial charge in [-0.1, -0.05) is 12.1 Å². The number of likely N-dealkylation sites (N-methyl/N-ethyl adjacent to an activating group) is 1. The van der Waals surface area contributed by atoms with E-state index in [1.807, 2.05) is 31.2 Å². The van der Waals surface area contributed by atoms with Gasteiger partial charge in [0.05, 0.1) is 12.5 Å². The van der Waals surface area contributed by atoms with Crippen molar-refractivity contribution in [3.8, 4) is 5.75 Å². The maximum atomic E-state index is 13.2. The molecule has 3 rings (SSSR count). The Hall–Kier alpha value is -2.08. The summed E-state index contributed by atoms with van der Waals surface area (Å²) in [5.41, 5.74) is 6.53. The second kappa shape index (κ2) is 6.43. The summed E-state index contributed by atoms with van der Waals surface area (Å²) >= 11 is 0. The molecule has 1 heterocycles. The molecule has 2 fully saturated rings. The first-order valence-electron chi connectivity index (χ1n) is 8.50. The van der Waals surface area contributed by atoms with Gasteiger partial charge in [-0.15, -0.1) is 0 Å². The van der Waals surface area contributed by atoms with E-state index in [2.05, 4.69) is 5.32 Å². The first-order valence-corrected chi connectivity index (χ1v) is 8.50. The van der Waals surface area contributed by atoms with Crippen molar-refractivity contribution in [2.45, 2.75) is 43.7 Å². The summed E-state index contributed by atoms with van der Waals surface area (Å²) < 4.78 is 5.19. The first-order chi connectivity index (χ1) is 11.5. The highest BCUT2D eigenvalue weighted by Crippen LogP contribution is 2.50. The lowest BCUT2D eigenvalue weighted by atomic mass is 9.93. The summed E-state index contributed by atoms with van der Waals surface area (Å²) in [5.74, 6) is 0.687. The number of hydrogen-bond donors (Lipinski definition) is 2. The molecule has 0 radical (unpaired) electrons. The number of rotatable bonds is 5. The zero-order chi connectivity index (χ0) is 17.3. The van der Waals surface area contributed by atoms with Gasteiger partial charge in [0.15, 0.2) is 0 Å². The van der Waals surface area contributed by atoms with Crippen LogP contribution in [-0.4, -0.2) is 49.0 Å². The van der Waals surface area contributed by atoms with Gasteiger partial charge in [-0.3, -0.25) is 9.59 Å². The van der Waals surface area contributed by atoms with Crippen molar-refractivity contribution in [3.63, 3.8) is 0 Å². The summed E-state index contributed by atoms with van der Waals surface area (Å²) in [6.07, 6.45) is 2.15.